The maximum absolute atomic E-state index is 13.1. The Bertz CT molecular complexity index is 1180. The lowest BCUT2D eigenvalue weighted by Gasteiger charge is -2.23. The minimum absolute atomic E-state index is 0.0518. The second-order valence-corrected chi connectivity index (χ2v) is 8.77. The van der Waals surface area contributed by atoms with Gasteiger partial charge in [0, 0.05) is 31.0 Å². The lowest BCUT2D eigenvalue weighted by molar-refractivity contribution is 0.0944. The summed E-state index contributed by atoms with van der Waals surface area (Å²) in [7, 11) is 1.54. The van der Waals surface area contributed by atoms with Gasteiger partial charge < -0.3 is 15.2 Å². The van der Waals surface area contributed by atoms with Gasteiger partial charge in [-0.25, -0.2) is 0 Å². The molecule has 0 saturated heterocycles. The van der Waals surface area contributed by atoms with Gasteiger partial charge in [-0.2, -0.15) is 9.61 Å². The number of carbonyl (C=O) groups excluding carboxylic acids is 1. The number of ether oxygens (including phenoxy) is 1. The number of amides is 1. The number of aromatic hydroxyl groups is 1. The number of carbonyl (C=O) groups is 1. The lowest BCUT2D eigenvalue weighted by atomic mass is 9.96. The van der Waals surface area contributed by atoms with Crippen LogP contribution in [-0.4, -0.2) is 43.3 Å². The van der Waals surface area contributed by atoms with E-state index in [9.17, 15) is 14.7 Å². The highest BCUT2D eigenvalue weighted by Crippen LogP contribution is 2.31. The third kappa shape index (κ3) is 3.62. The summed E-state index contributed by atoms with van der Waals surface area (Å²) in [5, 5.41) is 18.2. The molecule has 4 rings (SSSR count). The average molecular weight is 411 g/mol. The van der Waals surface area contributed by atoms with Gasteiger partial charge in [0.15, 0.2) is 5.56 Å². The minimum Gasteiger partial charge on any atom is -0.496 e. The maximum atomic E-state index is 13.1. The summed E-state index contributed by atoms with van der Waals surface area (Å²) in [4.78, 5) is 30.0. The van der Waals surface area contributed by atoms with E-state index in [1.165, 1.54) is 0 Å². The number of hydrogen-bond acceptors (Lipinski definition) is 6. The van der Waals surface area contributed by atoms with Crippen LogP contribution in [0, 0.1) is 5.41 Å². The quantitative estimate of drug-likeness (QED) is 0.666. The van der Waals surface area contributed by atoms with Gasteiger partial charge in [-0.15, -0.1) is 0 Å². The van der Waals surface area contributed by atoms with Crippen LogP contribution in [0.25, 0.3) is 16.9 Å². The molecule has 1 aliphatic carbocycles. The molecular weight excluding hydrogens is 386 g/mol. The Morgan fingerprint density at radius 2 is 2.10 bits per heavy atom. The minimum atomic E-state index is -0.667. The molecule has 3 aromatic heterocycles. The molecule has 0 bridgehead atoms. The van der Waals surface area contributed by atoms with Crippen molar-refractivity contribution < 1.29 is 14.6 Å². The van der Waals surface area contributed by atoms with Crippen molar-refractivity contribution in [1.29, 1.82) is 0 Å². The zero-order valence-electron chi connectivity index (χ0n) is 17.5. The van der Waals surface area contributed by atoms with E-state index in [4.69, 9.17) is 4.74 Å². The number of aromatic nitrogens is 4. The molecule has 2 N–H and O–H groups in total. The van der Waals surface area contributed by atoms with Gasteiger partial charge in [0.2, 0.25) is 5.88 Å². The summed E-state index contributed by atoms with van der Waals surface area (Å²) < 4.78 is 8.11. The van der Waals surface area contributed by atoms with Crippen LogP contribution in [-0.2, 0) is 6.54 Å². The van der Waals surface area contributed by atoms with Gasteiger partial charge in [0.25, 0.3) is 11.5 Å². The molecule has 9 heteroatoms. The van der Waals surface area contributed by atoms with Gasteiger partial charge >= 0.3 is 0 Å². The van der Waals surface area contributed by atoms with Crippen LogP contribution in [0.5, 0.6) is 11.6 Å². The first-order chi connectivity index (χ1) is 14.2. The number of fused-ring (bicyclic) bond motifs is 1. The van der Waals surface area contributed by atoms with E-state index in [-0.39, 0.29) is 22.9 Å². The number of pyridine rings is 1. The topological polar surface area (TPSA) is 111 Å². The van der Waals surface area contributed by atoms with E-state index in [0.717, 1.165) is 17.4 Å². The van der Waals surface area contributed by atoms with Crippen molar-refractivity contribution in [2.75, 3.05) is 7.11 Å². The summed E-state index contributed by atoms with van der Waals surface area (Å²) >= 11 is 0. The second-order valence-electron chi connectivity index (χ2n) is 8.77. The third-order valence-electron chi connectivity index (χ3n) is 4.90. The lowest BCUT2D eigenvalue weighted by Crippen LogP contribution is -2.35. The Balaban J connectivity index is 1.96. The molecule has 158 valence electrons. The molecule has 3 heterocycles. The molecule has 9 nitrogen and oxygen atoms in total. The molecule has 1 saturated carbocycles. The summed E-state index contributed by atoms with van der Waals surface area (Å²) in [6.07, 6.45) is 4.94. The normalized spacial score (nSPS) is 14.1. The Morgan fingerprint density at radius 3 is 2.73 bits per heavy atom. The molecule has 1 aliphatic rings. The van der Waals surface area contributed by atoms with Crippen molar-refractivity contribution in [3.8, 4) is 22.9 Å². The largest absolute Gasteiger partial charge is 0.496 e. The van der Waals surface area contributed by atoms with Crippen molar-refractivity contribution in [2.24, 2.45) is 5.41 Å². The number of hydrogen-bond donors (Lipinski definition) is 2. The average Bonchev–Trinajstić information content (AvgIpc) is 3.38. The molecule has 0 unspecified atom stereocenters. The van der Waals surface area contributed by atoms with Gasteiger partial charge in [0.05, 0.1) is 12.7 Å². The second kappa shape index (κ2) is 7.16. The van der Waals surface area contributed by atoms with Crippen LogP contribution in [0.3, 0.4) is 0 Å². The van der Waals surface area contributed by atoms with Crippen molar-refractivity contribution >= 4 is 11.6 Å². The van der Waals surface area contributed by atoms with Crippen molar-refractivity contribution in [3.05, 3.63) is 40.4 Å². The fourth-order valence-corrected chi connectivity index (χ4v) is 3.36. The smallest absolute Gasteiger partial charge is 0.291 e. The molecule has 0 aromatic carbocycles. The molecule has 0 radical (unpaired) electrons. The van der Waals surface area contributed by atoms with Gasteiger partial charge in [-0.1, -0.05) is 20.8 Å². The Morgan fingerprint density at radius 1 is 1.37 bits per heavy atom. The van der Waals surface area contributed by atoms with E-state index in [1.807, 2.05) is 20.8 Å². The Hall–Kier alpha value is -3.36. The zero-order chi connectivity index (χ0) is 21.6. The van der Waals surface area contributed by atoms with E-state index in [2.05, 4.69) is 15.4 Å². The van der Waals surface area contributed by atoms with E-state index >= 15 is 0 Å². The molecular formula is C21H25N5O4. The summed E-state index contributed by atoms with van der Waals surface area (Å²) in [5.41, 5.74) is 0.253. The monoisotopic (exact) mass is 411 g/mol. The number of nitrogens with zero attached hydrogens (tertiary/aromatic N) is 4. The van der Waals surface area contributed by atoms with Crippen molar-refractivity contribution in [2.45, 2.75) is 46.2 Å². The van der Waals surface area contributed by atoms with Crippen molar-refractivity contribution in [1.82, 2.24) is 24.5 Å². The SMILES string of the molecule is COc1ccncc1-c1cc2n(CC(C)(C)C)c(O)c(C(=O)NC3CC3)c(=O)n2n1. The molecule has 1 amide bonds. The molecule has 3 aromatic rings. The highest BCUT2D eigenvalue weighted by molar-refractivity contribution is 5.96. The Labute approximate surface area is 173 Å². The molecule has 0 spiro atoms. The highest BCUT2D eigenvalue weighted by atomic mass is 16.5. The van der Waals surface area contributed by atoms with Crippen LogP contribution in [0.2, 0.25) is 0 Å². The van der Waals surface area contributed by atoms with Crippen LogP contribution in [0.15, 0.2) is 29.3 Å². The summed E-state index contributed by atoms with van der Waals surface area (Å²) in [5.74, 6) is -0.384. The predicted molar refractivity (Wildman–Crippen MR) is 111 cm³/mol. The van der Waals surface area contributed by atoms with Gasteiger partial charge in [0.1, 0.15) is 17.1 Å². The highest BCUT2D eigenvalue weighted by Gasteiger charge is 2.30. The zero-order valence-corrected chi connectivity index (χ0v) is 17.5. The van der Waals surface area contributed by atoms with Crippen LogP contribution in [0.4, 0.5) is 0 Å². The maximum Gasteiger partial charge on any atom is 0.291 e. The van der Waals surface area contributed by atoms with Gasteiger partial charge in [-0.3, -0.25) is 19.1 Å². The van der Waals surface area contributed by atoms with Gasteiger partial charge in [-0.05, 0) is 24.3 Å². The first-order valence-corrected chi connectivity index (χ1v) is 9.84. The number of nitrogens with one attached hydrogen (secondary N) is 1. The third-order valence-corrected chi connectivity index (χ3v) is 4.90. The van der Waals surface area contributed by atoms with Crippen molar-refractivity contribution in [3.63, 3.8) is 0 Å². The number of rotatable bonds is 5. The number of methoxy groups -OCH3 is 1. The molecule has 30 heavy (non-hydrogen) atoms. The first kappa shape index (κ1) is 19.9. The first-order valence-electron chi connectivity index (χ1n) is 9.84. The fourth-order valence-electron chi connectivity index (χ4n) is 3.36. The van der Waals surface area contributed by atoms with E-state index in [0.29, 0.717) is 29.2 Å². The summed E-state index contributed by atoms with van der Waals surface area (Å²) in [6.45, 7) is 6.40. The van der Waals surface area contributed by atoms with Crippen LogP contribution < -0.4 is 15.6 Å². The molecule has 1 fully saturated rings. The predicted octanol–water partition coefficient (Wildman–Crippen LogP) is 2.21. The van der Waals surface area contributed by atoms with E-state index < -0.39 is 11.5 Å². The van der Waals surface area contributed by atoms with Crippen LogP contribution in [0.1, 0.15) is 44.0 Å². The van der Waals surface area contributed by atoms with E-state index in [1.54, 1.807) is 36.2 Å². The Kier molecular flexibility index (Phi) is 4.76. The molecule has 0 atom stereocenters. The molecule has 0 aliphatic heterocycles. The standard InChI is InChI=1S/C21H25N5O4/c1-21(2,3)11-25-16-9-14(13-10-22-8-7-15(13)30-4)24-26(16)20(29)17(19(25)28)18(27)23-12-5-6-12/h7-10,12,28H,5-6,11H2,1-4H3,(H,23,27). The summed E-state index contributed by atoms with van der Waals surface area (Å²) in [6, 6.07) is 3.44. The fraction of sp³-hybridized carbons (Fsp3) is 0.429. The van der Waals surface area contributed by atoms with Crippen LogP contribution >= 0.6 is 0 Å².